The number of benzene rings is 1. The van der Waals surface area contributed by atoms with E-state index in [1.54, 1.807) is 12.1 Å². The SMILES string of the molecule is Cc1ccc(-c2nnc(N[C@@H]3CCCN(CCO)C3)n3cccc23)c(OC(F)F)c1. The average Bonchev–Trinajstić information content (AvgIpc) is 3.19. The maximum Gasteiger partial charge on any atom is 0.387 e. The topological polar surface area (TPSA) is 74.9 Å². The Bertz CT molecular complexity index is 1010. The van der Waals surface area contributed by atoms with Crippen LogP contribution < -0.4 is 10.1 Å². The summed E-state index contributed by atoms with van der Waals surface area (Å²) in [4.78, 5) is 2.22. The minimum atomic E-state index is -2.92. The van der Waals surface area contributed by atoms with Gasteiger partial charge in [-0.05, 0) is 56.1 Å². The van der Waals surface area contributed by atoms with Crippen LogP contribution in [0.4, 0.5) is 14.7 Å². The summed E-state index contributed by atoms with van der Waals surface area (Å²) >= 11 is 0. The van der Waals surface area contributed by atoms with Crippen LogP contribution in [-0.2, 0) is 0 Å². The molecule has 4 rings (SSSR count). The van der Waals surface area contributed by atoms with E-state index in [2.05, 4.69) is 20.4 Å². The number of alkyl halides is 2. The van der Waals surface area contributed by atoms with E-state index in [0.29, 0.717) is 23.8 Å². The lowest BCUT2D eigenvalue weighted by Crippen LogP contribution is -2.43. The quantitative estimate of drug-likeness (QED) is 0.615. The minimum Gasteiger partial charge on any atom is -0.434 e. The van der Waals surface area contributed by atoms with E-state index >= 15 is 0 Å². The van der Waals surface area contributed by atoms with E-state index in [-0.39, 0.29) is 18.4 Å². The zero-order valence-corrected chi connectivity index (χ0v) is 16.8. The number of halogens is 2. The number of ether oxygens (including phenoxy) is 1. The van der Waals surface area contributed by atoms with Crippen molar-refractivity contribution in [3.05, 3.63) is 42.1 Å². The first-order valence-electron chi connectivity index (χ1n) is 10.0. The predicted octanol–water partition coefficient (Wildman–Crippen LogP) is 3.17. The Labute approximate surface area is 173 Å². The fraction of sp³-hybridized carbons (Fsp3) is 0.429. The van der Waals surface area contributed by atoms with Crippen LogP contribution in [0.5, 0.6) is 5.75 Å². The highest BCUT2D eigenvalue weighted by Crippen LogP contribution is 2.34. The molecule has 1 atom stereocenters. The highest BCUT2D eigenvalue weighted by atomic mass is 19.3. The highest BCUT2D eigenvalue weighted by molar-refractivity contribution is 5.81. The Morgan fingerprint density at radius 3 is 2.97 bits per heavy atom. The van der Waals surface area contributed by atoms with Crippen molar-refractivity contribution >= 4 is 11.5 Å². The summed E-state index contributed by atoms with van der Waals surface area (Å²) in [7, 11) is 0. The molecule has 3 heterocycles. The van der Waals surface area contributed by atoms with Gasteiger partial charge in [-0.1, -0.05) is 6.07 Å². The van der Waals surface area contributed by atoms with Gasteiger partial charge in [-0.2, -0.15) is 8.78 Å². The van der Waals surface area contributed by atoms with E-state index in [9.17, 15) is 13.9 Å². The first-order valence-corrected chi connectivity index (χ1v) is 10.0. The van der Waals surface area contributed by atoms with E-state index in [1.807, 2.05) is 35.7 Å². The number of nitrogens with one attached hydrogen (secondary N) is 1. The molecule has 0 spiro atoms. The fourth-order valence-corrected chi connectivity index (χ4v) is 3.96. The van der Waals surface area contributed by atoms with Crippen molar-refractivity contribution in [2.24, 2.45) is 0 Å². The van der Waals surface area contributed by atoms with Crippen molar-refractivity contribution < 1.29 is 18.6 Å². The molecule has 30 heavy (non-hydrogen) atoms. The monoisotopic (exact) mass is 417 g/mol. The molecule has 7 nitrogen and oxygen atoms in total. The van der Waals surface area contributed by atoms with E-state index in [0.717, 1.165) is 37.0 Å². The predicted molar refractivity (Wildman–Crippen MR) is 110 cm³/mol. The number of hydrogen-bond donors (Lipinski definition) is 2. The van der Waals surface area contributed by atoms with Crippen LogP contribution in [0.15, 0.2) is 36.5 Å². The number of aliphatic hydroxyl groups excluding tert-OH is 1. The molecule has 0 unspecified atom stereocenters. The Morgan fingerprint density at radius 2 is 2.17 bits per heavy atom. The number of rotatable bonds is 7. The summed E-state index contributed by atoms with van der Waals surface area (Å²) in [5.41, 5.74) is 2.51. The summed E-state index contributed by atoms with van der Waals surface area (Å²) in [5, 5.41) is 21.4. The normalized spacial score (nSPS) is 17.6. The lowest BCUT2D eigenvalue weighted by molar-refractivity contribution is -0.0494. The van der Waals surface area contributed by atoms with Crippen LogP contribution in [-0.4, -0.2) is 63.5 Å². The van der Waals surface area contributed by atoms with Crippen LogP contribution in [0.2, 0.25) is 0 Å². The van der Waals surface area contributed by atoms with Gasteiger partial charge in [-0.15, -0.1) is 10.2 Å². The average molecular weight is 417 g/mol. The van der Waals surface area contributed by atoms with Crippen LogP contribution in [0.3, 0.4) is 0 Å². The zero-order valence-electron chi connectivity index (χ0n) is 16.8. The molecular formula is C21H25F2N5O2. The number of β-amino-alcohol motifs (C(OH)–C–C–N with tert-alkyl or cyclic N) is 1. The van der Waals surface area contributed by atoms with Gasteiger partial charge in [0.15, 0.2) is 0 Å². The van der Waals surface area contributed by atoms with Gasteiger partial charge < -0.3 is 15.2 Å². The molecule has 1 fully saturated rings. The first-order chi connectivity index (χ1) is 14.5. The molecule has 160 valence electrons. The zero-order chi connectivity index (χ0) is 21.1. The molecule has 9 heteroatoms. The number of nitrogens with zero attached hydrogens (tertiary/aromatic N) is 4. The molecule has 0 amide bonds. The van der Waals surface area contributed by atoms with Crippen LogP contribution >= 0.6 is 0 Å². The molecule has 1 aromatic carbocycles. The number of likely N-dealkylation sites (tertiary alicyclic amines) is 1. The van der Waals surface area contributed by atoms with Gasteiger partial charge >= 0.3 is 6.61 Å². The maximum absolute atomic E-state index is 12.9. The number of anilines is 1. The van der Waals surface area contributed by atoms with Crippen molar-refractivity contribution in [3.8, 4) is 17.0 Å². The summed E-state index contributed by atoms with van der Waals surface area (Å²) in [6.07, 6.45) is 3.90. The van der Waals surface area contributed by atoms with E-state index < -0.39 is 6.61 Å². The van der Waals surface area contributed by atoms with Crippen molar-refractivity contribution in [3.63, 3.8) is 0 Å². The molecular weight excluding hydrogens is 392 g/mol. The van der Waals surface area contributed by atoms with Gasteiger partial charge in [0.25, 0.3) is 0 Å². The third-order valence-corrected chi connectivity index (χ3v) is 5.33. The molecule has 1 aliphatic rings. The molecule has 1 saturated heterocycles. The van der Waals surface area contributed by atoms with Crippen molar-refractivity contribution in [1.82, 2.24) is 19.5 Å². The Balaban J connectivity index is 1.65. The largest absolute Gasteiger partial charge is 0.434 e. The maximum atomic E-state index is 12.9. The fourth-order valence-electron chi connectivity index (χ4n) is 3.96. The number of piperidine rings is 1. The number of aromatic nitrogens is 3. The Morgan fingerprint density at radius 1 is 1.30 bits per heavy atom. The molecule has 0 bridgehead atoms. The van der Waals surface area contributed by atoms with Gasteiger partial charge in [0.2, 0.25) is 5.95 Å². The van der Waals surface area contributed by atoms with Crippen LogP contribution in [0.1, 0.15) is 18.4 Å². The molecule has 1 aliphatic heterocycles. The lowest BCUT2D eigenvalue weighted by Gasteiger charge is -2.32. The molecule has 2 aromatic heterocycles. The number of hydrogen-bond acceptors (Lipinski definition) is 6. The summed E-state index contributed by atoms with van der Waals surface area (Å²) < 4.78 is 32.5. The molecule has 2 N–H and O–H groups in total. The van der Waals surface area contributed by atoms with Gasteiger partial charge in [0.05, 0.1) is 12.1 Å². The van der Waals surface area contributed by atoms with Crippen molar-refractivity contribution in [2.75, 3.05) is 31.6 Å². The van der Waals surface area contributed by atoms with Gasteiger partial charge in [-0.25, -0.2) is 0 Å². The molecule has 0 radical (unpaired) electrons. The second-order valence-electron chi connectivity index (χ2n) is 7.52. The third-order valence-electron chi connectivity index (χ3n) is 5.33. The molecule has 0 aliphatic carbocycles. The molecule has 3 aromatic rings. The summed E-state index contributed by atoms with van der Waals surface area (Å²) in [6.45, 7) is 1.48. The van der Waals surface area contributed by atoms with Crippen molar-refractivity contribution in [2.45, 2.75) is 32.4 Å². The van der Waals surface area contributed by atoms with Crippen molar-refractivity contribution in [1.29, 1.82) is 0 Å². The minimum absolute atomic E-state index is 0.0787. The van der Waals surface area contributed by atoms with E-state index in [1.165, 1.54) is 0 Å². The number of aliphatic hydroxyl groups is 1. The Hall–Kier alpha value is -2.78. The second-order valence-corrected chi connectivity index (χ2v) is 7.52. The third kappa shape index (κ3) is 4.36. The number of aryl methyl sites for hydroxylation is 1. The Kier molecular flexibility index (Phi) is 6.10. The van der Waals surface area contributed by atoms with Gasteiger partial charge in [0, 0.05) is 30.9 Å². The molecule has 0 saturated carbocycles. The van der Waals surface area contributed by atoms with Gasteiger partial charge in [-0.3, -0.25) is 9.30 Å². The first kappa shape index (κ1) is 20.5. The van der Waals surface area contributed by atoms with Gasteiger partial charge in [0.1, 0.15) is 11.4 Å². The number of fused-ring (bicyclic) bond motifs is 1. The smallest absolute Gasteiger partial charge is 0.387 e. The van der Waals surface area contributed by atoms with Crippen LogP contribution in [0.25, 0.3) is 16.8 Å². The lowest BCUT2D eigenvalue weighted by atomic mass is 10.1. The standard InChI is InChI=1S/C21H25F2N5O2/c1-14-6-7-16(18(12-14)30-20(22)23)19-17-5-3-9-28(17)21(26-25-19)24-15-4-2-8-27(13-15)10-11-29/h3,5-7,9,12,15,20,29H,2,4,8,10-11,13H2,1H3,(H,24,26)/t15-/m1/s1. The summed E-state index contributed by atoms with van der Waals surface area (Å²) in [5.74, 6) is 0.674. The summed E-state index contributed by atoms with van der Waals surface area (Å²) in [6, 6.07) is 9.07. The van der Waals surface area contributed by atoms with Crippen LogP contribution in [0, 0.1) is 6.92 Å². The van der Waals surface area contributed by atoms with E-state index in [4.69, 9.17) is 4.74 Å². The highest BCUT2D eigenvalue weighted by Gasteiger charge is 2.22. The second kappa shape index (κ2) is 8.93.